The van der Waals surface area contributed by atoms with Gasteiger partial charge in [-0.25, -0.2) is 0 Å². The number of carbonyl (C=O) groups is 1. The van der Waals surface area contributed by atoms with Crippen molar-refractivity contribution in [1.82, 2.24) is 5.16 Å². The highest BCUT2D eigenvalue weighted by atomic mass is 16.5. The van der Waals surface area contributed by atoms with E-state index in [1.165, 1.54) is 6.92 Å². The molecule has 1 aromatic carbocycles. The van der Waals surface area contributed by atoms with E-state index < -0.39 is 0 Å². The molecule has 13 heavy (non-hydrogen) atoms. The minimum atomic E-state index is -0.0654. The van der Waals surface area contributed by atoms with Gasteiger partial charge in [0.05, 0.1) is 5.39 Å². The number of fused-ring (bicyclic) bond motifs is 1. The summed E-state index contributed by atoms with van der Waals surface area (Å²) in [6.45, 7) is 3.41. The summed E-state index contributed by atoms with van der Waals surface area (Å²) in [5.41, 5.74) is 2.11. The topological polar surface area (TPSA) is 43.1 Å². The third-order valence-electron chi connectivity index (χ3n) is 2.03. The van der Waals surface area contributed by atoms with Gasteiger partial charge in [0.25, 0.3) is 0 Å². The molecule has 0 aliphatic carbocycles. The van der Waals surface area contributed by atoms with Gasteiger partial charge in [-0.1, -0.05) is 17.3 Å². The maximum absolute atomic E-state index is 11.1. The molecule has 0 aliphatic rings. The molecule has 0 unspecified atom stereocenters. The van der Waals surface area contributed by atoms with Crippen LogP contribution < -0.4 is 0 Å². The molecule has 0 aliphatic heterocycles. The molecular weight excluding hydrogens is 166 g/mol. The Morgan fingerprint density at radius 3 is 2.92 bits per heavy atom. The van der Waals surface area contributed by atoms with Crippen LogP contribution in [0.15, 0.2) is 22.7 Å². The number of para-hydroxylation sites is 1. The van der Waals surface area contributed by atoms with Crippen molar-refractivity contribution in [1.29, 1.82) is 0 Å². The zero-order chi connectivity index (χ0) is 9.42. The lowest BCUT2D eigenvalue weighted by Gasteiger charge is -1.91. The third kappa shape index (κ3) is 1.13. The summed E-state index contributed by atoms with van der Waals surface area (Å²) in [6.07, 6.45) is 0. The molecule has 0 spiro atoms. The van der Waals surface area contributed by atoms with Crippen molar-refractivity contribution in [2.24, 2.45) is 0 Å². The maximum atomic E-state index is 11.1. The highest BCUT2D eigenvalue weighted by Gasteiger charge is 2.12. The van der Waals surface area contributed by atoms with Gasteiger partial charge < -0.3 is 4.52 Å². The summed E-state index contributed by atoms with van der Waals surface area (Å²) in [7, 11) is 0. The van der Waals surface area contributed by atoms with Crippen LogP contribution in [0.1, 0.15) is 23.0 Å². The van der Waals surface area contributed by atoms with E-state index in [1.54, 1.807) is 0 Å². The SMILES string of the molecule is CC(=O)c1noc2c(C)cccc12. The largest absolute Gasteiger partial charge is 0.355 e. The number of rotatable bonds is 1. The number of nitrogens with zero attached hydrogens (tertiary/aromatic N) is 1. The number of benzene rings is 1. The van der Waals surface area contributed by atoms with Gasteiger partial charge in [-0.3, -0.25) is 4.79 Å². The molecule has 2 aromatic rings. The van der Waals surface area contributed by atoms with Crippen LogP contribution in [-0.4, -0.2) is 10.9 Å². The van der Waals surface area contributed by atoms with E-state index in [-0.39, 0.29) is 5.78 Å². The summed E-state index contributed by atoms with van der Waals surface area (Å²) in [4.78, 5) is 11.1. The normalized spacial score (nSPS) is 10.6. The Morgan fingerprint density at radius 1 is 1.46 bits per heavy atom. The van der Waals surface area contributed by atoms with Crippen molar-refractivity contribution in [3.05, 3.63) is 29.5 Å². The molecule has 0 fully saturated rings. The zero-order valence-corrected chi connectivity index (χ0v) is 7.50. The molecule has 1 aromatic heterocycles. The molecule has 0 saturated carbocycles. The zero-order valence-electron chi connectivity index (χ0n) is 7.50. The first-order valence-corrected chi connectivity index (χ1v) is 4.06. The fraction of sp³-hybridized carbons (Fsp3) is 0.200. The maximum Gasteiger partial charge on any atom is 0.182 e. The predicted molar refractivity (Wildman–Crippen MR) is 48.8 cm³/mol. The smallest absolute Gasteiger partial charge is 0.182 e. The highest BCUT2D eigenvalue weighted by Crippen LogP contribution is 2.21. The minimum Gasteiger partial charge on any atom is -0.355 e. The van der Waals surface area contributed by atoms with E-state index >= 15 is 0 Å². The Hall–Kier alpha value is -1.64. The van der Waals surface area contributed by atoms with Crippen LogP contribution in [0.2, 0.25) is 0 Å². The molecule has 66 valence electrons. The number of hydrogen-bond donors (Lipinski definition) is 0. The quantitative estimate of drug-likeness (QED) is 0.625. The predicted octanol–water partition coefficient (Wildman–Crippen LogP) is 2.34. The second kappa shape index (κ2) is 2.69. The van der Waals surface area contributed by atoms with Crippen molar-refractivity contribution < 1.29 is 9.32 Å². The van der Waals surface area contributed by atoms with Crippen molar-refractivity contribution in [3.63, 3.8) is 0 Å². The number of aryl methyl sites for hydroxylation is 1. The highest BCUT2D eigenvalue weighted by molar-refractivity contribution is 6.04. The molecule has 0 saturated heterocycles. The Morgan fingerprint density at radius 2 is 2.23 bits per heavy atom. The molecule has 1 heterocycles. The average Bonchev–Trinajstić information content (AvgIpc) is 2.48. The van der Waals surface area contributed by atoms with Crippen LogP contribution in [-0.2, 0) is 0 Å². The van der Waals surface area contributed by atoms with Crippen LogP contribution in [0, 0.1) is 6.92 Å². The number of ketones is 1. The Bertz CT molecular complexity index is 471. The summed E-state index contributed by atoms with van der Waals surface area (Å²) in [5.74, 6) is -0.0654. The van der Waals surface area contributed by atoms with Crippen LogP contribution >= 0.6 is 0 Å². The van der Waals surface area contributed by atoms with Gasteiger partial charge in [0.15, 0.2) is 17.1 Å². The van der Waals surface area contributed by atoms with Gasteiger partial charge in [0.2, 0.25) is 0 Å². The lowest BCUT2D eigenvalue weighted by atomic mass is 10.1. The third-order valence-corrected chi connectivity index (χ3v) is 2.03. The average molecular weight is 175 g/mol. The molecule has 0 bridgehead atoms. The Labute approximate surface area is 75.3 Å². The van der Waals surface area contributed by atoms with E-state index in [0.717, 1.165) is 10.9 Å². The minimum absolute atomic E-state index is 0.0654. The van der Waals surface area contributed by atoms with Crippen molar-refractivity contribution in [2.75, 3.05) is 0 Å². The second-order valence-corrected chi connectivity index (χ2v) is 3.04. The van der Waals surface area contributed by atoms with E-state index in [9.17, 15) is 4.79 Å². The van der Waals surface area contributed by atoms with Gasteiger partial charge in [0.1, 0.15) is 0 Å². The van der Waals surface area contributed by atoms with Crippen LogP contribution in [0.25, 0.3) is 11.0 Å². The van der Waals surface area contributed by atoms with E-state index in [4.69, 9.17) is 4.52 Å². The Balaban J connectivity index is 2.83. The van der Waals surface area contributed by atoms with Crippen LogP contribution in [0.4, 0.5) is 0 Å². The monoisotopic (exact) mass is 175 g/mol. The van der Waals surface area contributed by atoms with Gasteiger partial charge in [-0.05, 0) is 18.6 Å². The van der Waals surface area contributed by atoms with Gasteiger partial charge in [-0.2, -0.15) is 0 Å². The van der Waals surface area contributed by atoms with Gasteiger partial charge in [0, 0.05) is 6.92 Å². The van der Waals surface area contributed by atoms with Crippen LogP contribution in [0.3, 0.4) is 0 Å². The lowest BCUT2D eigenvalue weighted by molar-refractivity contribution is 0.101. The lowest BCUT2D eigenvalue weighted by Crippen LogP contribution is -1.91. The van der Waals surface area contributed by atoms with Crippen molar-refractivity contribution >= 4 is 16.8 Å². The Kier molecular flexibility index (Phi) is 1.65. The molecule has 2 rings (SSSR count). The first kappa shape index (κ1) is 7.98. The molecule has 0 amide bonds. The van der Waals surface area contributed by atoms with E-state index in [1.807, 2.05) is 25.1 Å². The molecule has 0 N–H and O–H groups in total. The summed E-state index contributed by atoms with van der Waals surface area (Å²) >= 11 is 0. The molecular formula is C10H9NO2. The van der Waals surface area contributed by atoms with E-state index in [0.29, 0.717) is 11.3 Å². The molecule has 3 nitrogen and oxygen atoms in total. The van der Waals surface area contributed by atoms with Gasteiger partial charge in [-0.15, -0.1) is 0 Å². The fourth-order valence-electron chi connectivity index (χ4n) is 1.35. The number of aromatic nitrogens is 1. The number of hydrogen-bond acceptors (Lipinski definition) is 3. The van der Waals surface area contributed by atoms with Crippen molar-refractivity contribution in [3.8, 4) is 0 Å². The fourth-order valence-corrected chi connectivity index (χ4v) is 1.35. The molecule has 0 radical (unpaired) electrons. The summed E-state index contributed by atoms with van der Waals surface area (Å²) < 4.78 is 5.07. The van der Waals surface area contributed by atoms with Crippen molar-refractivity contribution in [2.45, 2.75) is 13.8 Å². The summed E-state index contributed by atoms with van der Waals surface area (Å²) in [6, 6.07) is 5.66. The second-order valence-electron chi connectivity index (χ2n) is 3.04. The standard InChI is InChI=1S/C10H9NO2/c1-6-4-3-5-8-9(7(2)12)11-13-10(6)8/h3-5H,1-2H3. The first-order valence-electron chi connectivity index (χ1n) is 4.06. The molecule has 3 heteroatoms. The first-order chi connectivity index (χ1) is 6.20. The molecule has 0 atom stereocenters. The van der Waals surface area contributed by atoms with E-state index in [2.05, 4.69) is 5.16 Å². The van der Waals surface area contributed by atoms with Crippen LogP contribution in [0.5, 0.6) is 0 Å². The van der Waals surface area contributed by atoms with Gasteiger partial charge >= 0.3 is 0 Å². The number of carbonyl (C=O) groups excluding carboxylic acids is 1. The summed E-state index contributed by atoms with van der Waals surface area (Å²) in [5, 5.41) is 4.53. The number of Topliss-reactive ketones (excluding diaryl/α,β-unsaturated/α-hetero) is 1.